The molecule has 1 aromatic rings. The third-order valence-corrected chi connectivity index (χ3v) is 3.87. The van der Waals surface area contributed by atoms with Crippen LogP contribution in [0.5, 0.6) is 0 Å². The van der Waals surface area contributed by atoms with Gasteiger partial charge in [0.25, 0.3) is 0 Å². The highest BCUT2D eigenvalue weighted by Crippen LogP contribution is 2.37. The zero-order chi connectivity index (χ0) is 15.2. The molecule has 1 aromatic carbocycles. The first-order valence-electron chi connectivity index (χ1n) is 7.15. The largest absolute Gasteiger partial charge is 0.460 e. The molecule has 1 N–H and O–H groups in total. The van der Waals surface area contributed by atoms with Crippen LogP contribution in [-0.4, -0.2) is 17.7 Å². The second-order valence-corrected chi connectivity index (χ2v) is 6.44. The first-order chi connectivity index (χ1) is 9.33. The quantitative estimate of drug-likeness (QED) is 0.776. The number of ether oxygens (including phenoxy) is 1. The van der Waals surface area contributed by atoms with Crippen molar-refractivity contribution in [1.82, 2.24) is 0 Å². The summed E-state index contributed by atoms with van der Waals surface area (Å²) in [7, 11) is 0. The van der Waals surface area contributed by atoms with E-state index in [1.807, 2.05) is 58.0 Å². The molecule has 0 aromatic heterocycles. The van der Waals surface area contributed by atoms with E-state index in [2.05, 4.69) is 0 Å². The number of aliphatic hydroxyl groups excluding tert-OH is 1. The molecular formula is C17H26O3. The first-order valence-corrected chi connectivity index (χ1v) is 7.15. The molecule has 1 rings (SSSR count). The SMILES string of the molecule is CCC(C)(CO)CC(C)(C)C(=O)OCc1ccccc1. The summed E-state index contributed by atoms with van der Waals surface area (Å²) in [6.45, 7) is 8.17. The molecule has 0 saturated heterocycles. The number of hydrogen-bond donors (Lipinski definition) is 1. The van der Waals surface area contributed by atoms with Crippen LogP contribution in [0.4, 0.5) is 0 Å². The Bertz CT molecular complexity index is 419. The molecule has 0 saturated carbocycles. The average molecular weight is 278 g/mol. The second kappa shape index (κ2) is 6.89. The zero-order valence-corrected chi connectivity index (χ0v) is 13.0. The highest BCUT2D eigenvalue weighted by Gasteiger charge is 2.37. The van der Waals surface area contributed by atoms with Gasteiger partial charge in [0.2, 0.25) is 0 Å². The average Bonchev–Trinajstić information content (AvgIpc) is 2.45. The molecule has 0 aliphatic rings. The minimum absolute atomic E-state index is 0.0822. The normalized spacial score (nSPS) is 14.7. The maximum atomic E-state index is 12.2. The molecule has 0 aliphatic carbocycles. The monoisotopic (exact) mass is 278 g/mol. The van der Waals surface area contributed by atoms with E-state index < -0.39 is 5.41 Å². The topological polar surface area (TPSA) is 46.5 Å². The van der Waals surface area contributed by atoms with Gasteiger partial charge in [0, 0.05) is 6.61 Å². The van der Waals surface area contributed by atoms with Crippen molar-refractivity contribution in [3.8, 4) is 0 Å². The standard InChI is InChI=1S/C17H26O3/c1-5-17(4,13-18)12-16(2,3)15(19)20-11-14-9-7-6-8-10-14/h6-10,18H,5,11-13H2,1-4H3. The predicted molar refractivity (Wildman–Crippen MR) is 80.1 cm³/mol. The van der Waals surface area contributed by atoms with Crippen LogP contribution in [0.1, 0.15) is 46.1 Å². The molecule has 0 spiro atoms. The molecule has 20 heavy (non-hydrogen) atoms. The molecule has 0 heterocycles. The van der Waals surface area contributed by atoms with Crippen LogP contribution < -0.4 is 0 Å². The fourth-order valence-electron chi connectivity index (χ4n) is 2.35. The van der Waals surface area contributed by atoms with Crippen molar-refractivity contribution >= 4 is 5.97 Å². The Labute approximate surface area is 122 Å². The summed E-state index contributed by atoms with van der Waals surface area (Å²) in [4.78, 5) is 12.2. The minimum atomic E-state index is -0.595. The summed E-state index contributed by atoms with van der Waals surface area (Å²) in [6, 6.07) is 9.65. The molecule has 1 unspecified atom stereocenters. The molecule has 0 fully saturated rings. The molecule has 0 aliphatic heterocycles. The summed E-state index contributed by atoms with van der Waals surface area (Å²) in [6.07, 6.45) is 1.44. The van der Waals surface area contributed by atoms with Gasteiger partial charge in [-0.2, -0.15) is 0 Å². The fraction of sp³-hybridized carbons (Fsp3) is 0.588. The van der Waals surface area contributed by atoms with Gasteiger partial charge < -0.3 is 9.84 Å². The number of carbonyl (C=O) groups excluding carboxylic acids is 1. The lowest BCUT2D eigenvalue weighted by molar-refractivity contribution is -0.157. The van der Waals surface area contributed by atoms with Crippen molar-refractivity contribution in [1.29, 1.82) is 0 Å². The van der Waals surface area contributed by atoms with E-state index in [0.717, 1.165) is 12.0 Å². The smallest absolute Gasteiger partial charge is 0.311 e. The number of aliphatic hydroxyl groups is 1. The Hall–Kier alpha value is -1.35. The Kier molecular flexibility index (Phi) is 5.75. The number of rotatable bonds is 7. The number of hydrogen-bond acceptors (Lipinski definition) is 3. The van der Waals surface area contributed by atoms with Crippen LogP contribution in [-0.2, 0) is 16.1 Å². The lowest BCUT2D eigenvalue weighted by Gasteiger charge is -2.34. The maximum absolute atomic E-state index is 12.2. The minimum Gasteiger partial charge on any atom is -0.460 e. The van der Waals surface area contributed by atoms with Crippen LogP contribution in [0, 0.1) is 10.8 Å². The number of carbonyl (C=O) groups is 1. The zero-order valence-electron chi connectivity index (χ0n) is 13.0. The summed E-state index contributed by atoms with van der Waals surface area (Å²) >= 11 is 0. The molecule has 1 atom stereocenters. The van der Waals surface area contributed by atoms with Crippen LogP contribution in [0.3, 0.4) is 0 Å². The third kappa shape index (κ3) is 4.64. The van der Waals surface area contributed by atoms with Gasteiger partial charge in [0.05, 0.1) is 5.41 Å². The van der Waals surface area contributed by atoms with Gasteiger partial charge in [-0.05, 0) is 37.7 Å². The van der Waals surface area contributed by atoms with Crippen LogP contribution in [0.15, 0.2) is 30.3 Å². The number of esters is 1. The van der Waals surface area contributed by atoms with Gasteiger partial charge in [-0.3, -0.25) is 4.79 Å². The fourth-order valence-corrected chi connectivity index (χ4v) is 2.35. The molecule has 0 bridgehead atoms. The second-order valence-electron chi connectivity index (χ2n) is 6.44. The Balaban J connectivity index is 2.61. The lowest BCUT2D eigenvalue weighted by atomic mass is 9.73. The van der Waals surface area contributed by atoms with E-state index >= 15 is 0 Å². The van der Waals surface area contributed by atoms with Gasteiger partial charge in [-0.1, -0.05) is 44.2 Å². The summed E-state index contributed by atoms with van der Waals surface area (Å²) in [5, 5.41) is 9.49. The molecule has 0 amide bonds. The van der Waals surface area contributed by atoms with Gasteiger partial charge >= 0.3 is 5.97 Å². The van der Waals surface area contributed by atoms with Crippen LogP contribution >= 0.6 is 0 Å². The van der Waals surface area contributed by atoms with Crippen LogP contribution in [0.2, 0.25) is 0 Å². The summed E-state index contributed by atoms with van der Waals surface area (Å²) in [5.74, 6) is -0.213. The van der Waals surface area contributed by atoms with Crippen molar-refractivity contribution in [2.75, 3.05) is 6.61 Å². The van der Waals surface area contributed by atoms with Gasteiger partial charge in [-0.15, -0.1) is 0 Å². The van der Waals surface area contributed by atoms with Gasteiger partial charge in [0.1, 0.15) is 6.61 Å². The van der Waals surface area contributed by atoms with Crippen molar-refractivity contribution in [3.05, 3.63) is 35.9 Å². The molecule has 0 radical (unpaired) electrons. The first kappa shape index (κ1) is 16.7. The van der Waals surface area contributed by atoms with Gasteiger partial charge in [-0.25, -0.2) is 0 Å². The molecule has 3 heteroatoms. The van der Waals surface area contributed by atoms with E-state index in [1.54, 1.807) is 0 Å². The number of benzene rings is 1. The van der Waals surface area contributed by atoms with E-state index in [-0.39, 0.29) is 18.0 Å². The van der Waals surface area contributed by atoms with Crippen molar-refractivity contribution in [2.45, 2.75) is 47.1 Å². The summed E-state index contributed by atoms with van der Waals surface area (Å²) < 4.78 is 5.41. The summed E-state index contributed by atoms with van der Waals surface area (Å²) in [5.41, 5.74) is 0.148. The molecule has 112 valence electrons. The van der Waals surface area contributed by atoms with Crippen molar-refractivity contribution < 1.29 is 14.6 Å². The van der Waals surface area contributed by atoms with Crippen molar-refractivity contribution in [3.63, 3.8) is 0 Å². The van der Waals surface area contributed by atoms with Crippen LogP contribution in [0.25, 0.3) is 0 Å². The highest BCUT2D eigenvalue weighted by molar-refractivity contribution is 5.76. The van der Waals surface area contributed by atoms with E-state index in [0.29, 0.717) is 13.0 Å². The Morgan fingerprint density at radius 3 is 2.30 bits per heavy atom. The van der Waals surface area contributed by atoms with Gasteiger partial charge in [0.15, 0.2) is 0 Å². The maximum Gasteiger partial charge on any atom is 0.311 e. The predicted octanol–water partition coefficient (Wildman–Crippen LogP) is 3.55. The third-order valence-electron chi connectivity index (χ3n) is 3.87. The lowest BCUT2D eigenvalue weighted by Crippen LogP contribution is -2.35. The molecular weight excluding hydrogens is 252 g/mol. The Morgan fingerprint density at radius 2 is 1.80 bits per heavy atom. The van der Waals surface area contributed by atoms with Crippen molar-refractivity contribution in [2.24, 2.45) is 10.8 Å². The van der Waals surface area contributed by atoms with E-state index in [4.69, 9.17) is 4.74 Å². The van der Waals surface area contributed by atoms with E-state index in [9.17, 15) is 9.90 Å². The highest BCUT2D eigenvalue weighted by atomic mass is 16.5. The Morgan fingerprint density at radius 1 is 1.20 bits per heavy atom. The van der Waals surface area contributed by atoms with E-state index in [1.165, 1.54) is 0 Å². The molecule has 3 nitrogen and oxygen atoms in total.